The molecule has 0 spiro atoms. The monoisotopic (exact) mass is 467 g/mol. The zero-order valence-electron chi connectivity index (χ0n) is 16.0. The zero-order valence-corrected chi connectivity index (χ0v) is 17.6. The van der Waals surface area contributed by atoms with E-state index in [1.165, 1.54) is 29.5 Å². The van der Waals surface area contributed by atoms with Gasteiger partial charge in [-0.3, -0.25) is 9.59 Å². The van der Waals surface area contributed by atoms with Crippen LogP contribution in [0.5, 0.6) is 0 Å². The van der Waals surface area contributed by atoms with Gasteiger partial charge in [-0.1, -0.05) is 35.9 Å². The maximum Gasteiger partial charge on any atom is 0.405 e. The number of carbonyl (C=O) groups excluding carboxylic acids is 2. The number of alkyl halides is 3. The minimum absolute atomic E-state index is 0.0372. The lowest BCUT2D eigenvalue weighted by molar-refractivity contribution is -0.123. The van der Waals surface area contributed by atoms with Crippen molar-refractivity contribution in [3.63, 3.8) is 0 Å². The molecular weight excluding hydrogens is 451 g/mol. The van der Waals surface area contributed by atoms with Gasteiger partial charge in [0.1, 0.15) is 6.54 Å². The Morgan fingerprint density at radius 3 is 2.61 bits per heavy atom. The van der Waals surface area contributed by atoms with Gasteiger partial charge in [0, 0.05) is 16.8 Å². The smallest absolute Gasteiger partial charge is 0.343 e. The molecule has 0 fully saturated rings. The Morgan fingerprint density at radius 2 is 1.87 bits per heavy atom. The van der Waals surface area contributed by atoms with Crippen molar-refractivity contribution in [2.75, 3.05) is 11.9 Å². The highest BCUT2D eigenvalue weighted by Gasteiger charge is 2.28. The fraction of sp³-hybridized carbons (Fsp3) is 0.190. The third-order valence-electron chi connectivity index (χ3n) is 4.08. The second kappa shape index (κ2) is 9.93. The summed E-state index contributed by atoms with van der Waals surface area (Å²) in [5.41, 5.74) is 1.62. The molecule has 2 N–H and O–H groups in total. The second-order valence-electron chi connectivity index (χ2n) is 6.61. The van der Waals surface area contributed by atoms with Gasteiger partial charge >= 0.3 is 6.18 Å². The van der Waals surface area contributed by atoms with Crippen LogP contribution in [0.4, 0.5) is 18.9 Å². The summed E-state index contributed by atoms with van der Waals surface area (Å²) < 4.78 is 37.0. The molecule has 0 atom stereocenters. The first-order valence-corrected chi connectivity index (χ1v) is 10.4. The van der Waals surface area contributed by atoms with E-state index in [0.717, 1.165) is 10.6 Å². The van der Waals surface area contributed by atoms with Crippen LogP contribution in [0.15, 0.2) is 53.9 Å². The summed E-state index contributed by atoms with van der Waals surface area (Å²) in [6.07, 6.45) is -3.99. The third-order valence-corrected chi connectivity index (χ3v) is 5.21. The standard InChI is InChI=1S/C21H17ClF3N3O2S/c22-14-5-3-4-13(8-14)9-19-27-15(11-31-19)10-18(29)28-17-7-2-1-6-16(17)20(30)26-12-21(23,24)25/h1-8,11H,9-10,12H2,(H,26,30)(H,28,29). The molecule has 31 heavy (non-hydrogen) atoms. The van der Waals surface area contributed by atoms with Gasteiger partial charge < -0.3 is 10.6 Å². The molecule has 10 heteroatoms. The van der Waals surface area contributed by atoms with E-state index in [9.17, 15) is 22.8 Å². The van der Waals surface area contributed by atoms with Crippen LogP contribution in [0.25, 0.3) is 0 Å². The maximum atomic E-state index is 12.4. The quantitative estimate of drug-likeness (QED) is 0.521. The SMILES string of the molecule is O=C(Cc1csc(Cc2cccc(Cl)c2)n1)Nc1ccccc1C(=O)NCC(F)(F)F. The van der Waals surface area contributed by atoms with Crippen molar-refractivity contribution >= 4 is 40.4 Å². The molecule has 0 aliphatic carbocycles. The normalized spacial score (nSPS) is 11.2. The first-order valence-electron chi connectivity index (χ1n) is 9.11. The summed E-state index contributed by atoms with van der Waals surface area (Å²) in [6, 6.07) is 13.3. The van der Waals surface area contributed by atoms with Crippen LogP contribution in [-0.2, 0) is 17.6 Å². The molecular formula is C21H17ClF3N3O2S. The first kappa shape index (κ1) is 22.8. The van der Waals surface area contributed by atoms with Gasteiger partial charge in [0.05, 0.1) is 28.4 Å². The molecule has 162 valence electrons. The van der Waals surface area contributed by atoms with E-state index in [0.29, 0.717) is 17.1 Å². The van der Waals surface area contributed by atoms with E-state index in [4.69, 9.17) is 11.6 Å². The number of aromatic nitrogens is 1. The number of nitrogens with one attached hydrogen (secondary N) is 2. The summed E-state index contributed by atoms with van der Waals surface area (Å²) in [5.74, 6) is -1.36. The minimum Gasteiger partial charge on any atom is -0.343 e. The number of carbonyl (C=O) groups is 2. The average molecular weight is 468 g/mol. The number of rotatable bonds is 7. The second-order valence-corrected chi connectivity index (χ2v) is 7.99. The molecule has 2 amide bonds. The van der Waals surface area contributed by atoms with E-state index in [1.54, 1.807) is 22.8 Å². The first-order chi connectivity index (χ1) is 14.7. The minimum atomic E-state index is -4.53. The molecule has 0 saturated heterocycles. The molecule has 0 radical (unpaired) electrons. The molecule has 0 saturated carbocycles. The highest BCUT2D eigenvalue weighted by atomic mass is 35.5. The average Bonchev–Trinajstić information content (AvgIpc) is 3.12. The molecule has 2 aromatic carbocycles. The summed E-state index contributed by atoms with van der Waals surface area (Å²) in [4.78, 5) is 28.9. The molecule has 3 aromatic rings. The number of nitrogens with zero attached hydrogens (tertiary/aromatic N) is 1. The predicted molar refractivity (Wildman–Crippen MR) is 114 cm³/mol. The van der Waals surface area contributed by atoms with Crippen molar-refractivity contribution in [1.29, 1.82) is 0 Å². The van der Waals surface area contributed by atoms with Crippen LogP contribution in [0.3, 0.4) is 0 Å². The van der Waals surface area contributed by atoms with Crippen molar-refractivity contribution in [1.82, 2.24) is 10.3 Å². The van der Waals surface area contributed by atoms with Gasteiger partial charge in [-0.05, 0) is 29.8 Å². The van der Waals surface area contributed by atoms with Gasteiger partial charge in [-0.2, -0.15) is 13.2 Å². The number of benzene rings is 2. The van der Waals surface area contributed by atoms with E-state index < -0.39 is 24.5 Å². The van der Waals surface area contributed by atoms with Gasteiger partial charge in [-0.15, -0.1) is 11.3 Å². The van der Waals surface area contributed by atoms with Crippen LogP contribution in [0.2, 0.25) is 5.02 Å². The van der Waals surface area contributed by atoms with Gasteiger partial charge in [0.15, 0.2) is 0 Å². The number of halogens is 4. The molecule has 3 rings (SSSR count). The molecule has 0 aliphatic heterocycles. The van der Waals surface area contributed by atoms with Crippen molar-refractivity contribution < 1.29 is 22.8 Å². The Morgan fingerprint density at radius 1 is 1.10 bits per heavy atom. The number of thiazole rings is 1. The van der Waals surface area contributed by atoms with E-state index >= 15 is 0 Å². The topological polar surface area (TPSA) is 71.1 Å². The fourth-order valence-electron chi connectivity index (χ4n) is 2.76. The summed E-state index contributed by atoms with van der Waals surface area (Å²) in [6.45, 7) is -1.46. The van der Waals surface area contributed by atoms with Crippen molar-refractivity contribution in [2.45, 2.75) is 19.0 Å². The largest absolute Gasteiger partial charge is 0.405 e. The lowest BCUT2D eigenvalue weighted by Gasteiger charge is -2.12. The lowest BCUT2D eigenvalue weighted by atomic mass is 10.1. The van der Waals surface area contributed by atoms with E-state index in [1.807, 2.05) is 18.2 Å². The summed E-state index contributed by atoms with van der Waals surface area (Å²) >= 11 is 7.40. The number of hydrogen-bond acceptors (Lipinski definition) is 4. The summed E-state index contributed by atoms with van der Waals surface area (Å²) in [5, 5.41) is 7.58. The van der Waals surface area contributed by atoms with Crippen LogP contribution in [-0.4, -0.2) is 29.5 Å². The Balaban J connectivity index is 1.61. The van der Waals surface area contributed by atoms with Crippen molar-refractivity contribution in [3.8, 4) is 0 Å². The molecule has 0 bridgehead atoms. The zero-order chi connectivity index (χ0) is 22.4. The predicted octanol–water partition coefficient (Wildman–Crippen LogP) is 4.86. The Bertz CT molecular complexity index is 1090. The number of anilines is 1. The number of hydrogen-bond donors (Lipinski definition) is 2. The Hall–Kier alpha value is -2.91. The number of amides is 2. The molecule has 0 aliphatic rings. The molecule has 1 aromatic heterocycles. The highest BCUT2D eigenvalue weighted by Crippen LogP contribution is 2.20. The van der Waals surface area contributed by atoms with E-state index in [-0.39, 0.29) is 17.7 Å². The molecule has 0 unspecified atom stereocenters. The Labute approximate surface area is 185 Å². The van der Waals surface area contributed by atoms with Gasteiger partial charge in [0.25, 0.3) is 5.91 Å². The van der Waals surface area contributed by atoms with Crippen LogP contribution >= 0.6 is 22.9 Å². The van der Waals surface area contributed by atoms with Crippen LogP contribution in [0.1, 0.15) is 26.6 Å². The van der Waals surface area contributed by atoms with Crippen LogP contribution < -0.4 is 10.6 Å². The van der Waals surface area contributed by atoms with Crippen molar-refractivity contribution in [2.24, 2.45) is 0 Å². The molecule has 5 nitrogen and oxygen atoms in total. The fourth-order valence-corrected chi connectivity index (χ4v) is 3.80. The van der Waals surface area contributed by atoms with Gasteiger partial charge in [0.2, 0.25) is 5.91 Å². The summed E-state index contributed by atoms with van der Waals surface area (Å²) in [7, 11) is 0. The van der Waals surface area contributed by atoms with Crippen molar-refractivity contribution in [3.05, 3.63) is 80.8 Å². The van der Waals surface area contributed by atoms with E-state index in [2.05, 4.69) is 10.3 Å². The lowest BCUT2D eigenvalue weighted by Crippen LogP contribution is -2.34. The maximum absolute atomic E-state index is 12.4. The highest BCUT2D eigenvalue weighted by molar-refractivity contribution is 7.09. The third kappa shape index (κ3) is 7.08. The Kier molecular flexibility index (Phi) is 7.29. The number of para-hydroxylation sites is 1. The molecule has 1 heterocycles. The van der Waals surface area contributed by atoms with Gasteiger partial charge in [-0.25, -0.2) is 4.98 Å². The van der Waals surface area contributed by atoms with Crippen LogP contribution in [0, 0.1) is 0 Å².